The second-order valence-corrected chi connectivity index (χ2v) is 7.34. The molecule has 2 rings (SSSR count). The Morgan fingerprint density at radius 2 is 1.95 bits per heavy atom. The van der Waals surface area contributed by atoms with E-state index in [9.17, 15) is 13.2 Å². The van der Waals surface area contributed by atoms with Crippen LogP contribution in [0.3, 0.4) is 0 Å². The second-order valence-electron chi connectivity index (χ2n) is 4.01. The van der Waals surface area contributed by atoms with E-state index in [1.807, 2.05) is 4.83 Å². The molecule has 0 saturated carbocycles. The first-order valence-corrected chi connectivity index (χ1v) is 8.71. The maximum absolute atomic E-state index is 12.0. The Hall–Kier alpha value is -1.19. The van der Waals surface area contributed by atoms with Crippen LogP contribution >= 0.6 is 39.1 Å². The molecule has 2 aromatic rings. The third-order valence-corrected chi connectivity index (χ3v) is 5.05. The summed E-state index contributed by atoms with van der Waals surface area (Å²) in [7, 11) is -3.98. The van der Waals surface area contributed by atoms with E-state index in [0.717, 1.165) is 6.20 Å². The highest BCUT2D eigenvalue weighted by atomic mass is 79.9. The lowest BCUT2D eigenvalue weighted by molar-refractivity contribution is 0.0945. The van der Waals surface area contributed by atoms with E-state index >= 15 is 0 Å². The van der Waals surface area contributed by atoms with Gasteiger partial charge in [0.1, 0.15) is 10.0 Å². The number of pyridine rings is 1. The van der Waals surface area contributed by atoms with Gasteiger partial charge in [-0.1, -0.05) is 29.3 Å². The Bertz CT molecular complexity index is 830. The number of rotatable bonds is 4. The number of aromatic nitrogens is 1. The number of benzene rings is 1. The standard InChI is InChI=1S/C12H8BrCl2N3O3S/c13-10-5-9(6-16-11(10)15)22(20,21)18-17-12(19)7-2-1-3-8(14)4-7/h1-6,18H,(H,17,19). The Morgan fingerprint density at radius 1 is 1.23 bits per heavy atom. The van der Waals surface area contributed by atoms with Gasteiger partial charge in [0.25, 0.3) is 15.9 Å². The van der Waals surface area contributed by atoms with E-state index in [0.29, 0.717) is 9.50 Å². The van der Waals surface area contributed by atoms with Gasteiger partial charge < -0.3 is 0 Å². The van der Waals surface area contributed by atoms with Crippen molar-refractivity contribution in [1.82, 2.24) is 15.2 Å². The van der Waals surface area contributed by atoms with E-state index in [-0.39, 0.29) is 15.6 Å². The lowest BCUT2D eigenvalue weighted by atomic mass is 10.2. The minimum absolute atomic E-state index is 0.127. The summed E-state index contributed by atoms with van der Waals surface area (Å²) in [4.78, 5) is 17.4. The fourth-order valence-corrected chi connectivity index (χ4v) is 3.03. The predicted molar refractivity (Wildman–Crippen MR) is 86.2 cm³/mol. The molecule has 0 saturated heterocycles. The van der Waals surface area contributed by atoms with E-state index in [1.54, 1.807) is 12.1 Å². The second kappa shape index (κ2) is 6.93. The molecule has 0 radical (unpaired) electrons. The maximum atomic E-state index is 12.0. The van der Waals surface area contributed by atoms with Gasteiger partial charge >= 0.3 is 0 Å². The molecule has 0 spiro atoms. The normalized spacial score (nSPS) is 11.2. The number of hydrogen-bond acceptors (Lipinski definition) is 4. The topological polar surface area (TPSA) is 88.2 Å². The van der Waals surface area contributed by atoms with Crippen molar-refractivity contribution in [2.75, 3.05) is 0 Å². The number of hydrazine groups is 1. The third-order valence-electron chi connectivity index (χ3n) is 2.47. The zero-order chi connectivity index (χ0) is 16.3. The van der Waals surface area contributed by atoms with Crippen molar-refractivity contribution in [3.8, 4) is 0 Å². The van der Waals surface area contributed by atoms with Crippen LogP contribution in [0.15, 0.2) is 45.9 Å². The zero-order valence-electron chi connectivity index (χ0n) is 10.7. The maximum Gasteiger partial charge on any atom is 0.266 e. The van der Waals surface area contributed by atoms with Crippen LogP contribution in [0.5, 0.6) is 0 Å². The first-order chi connectivity index (χ1) is 10.3. The van der Waals surface area contributed by atoms with Crippen LogP contribution in [0.4, 0.5) is 0 Å². The van der Waals surface area contributed by atoms with E-state index in [1.165, 1.54) is 18.2 Å². The summed E-state index contributed by atoms with van der Waals surface area (Å²) in [6.45, 7) is 0. The lowest BCUT2D eigenvalue weighted by Gasteiger charge is -2.09. The van der Waals surface area contributed by atoms with Gasteiger partial charge in [-0.15, -0.1) is 4.83 Å². The molecular weight excluding hydrogens is 417 g/mol. The summed E-state index contributed by atoms with van der Waals surface area (Å²) < 4.78 is 24.4. The number of amides is 1. The number of nitrogens with one attached hydrogen (secondary N) is 2. The van der Waals surface area contributed by atoms with Crippen LogP contribution in [-0.2, 0) is 10.0 Å². The fourth-order valence-electron chi connectivity index (χ4n) is 1.42. The van der Waals surface area contributed by atoms with Gasteiger partial charge in [-0.25, -0.2) is 13.4 Å². The average molecular weight is 425 g/mol. The number of halogens is 3. The molecule has 0 fully saturated rings. The minimum atomic E-state index is -3.98. The van der Waals surface area contributed by atoms with Crippen LogP contribution in [0, 0.1) is 0 Å². The van der Waals surface area contributed by atoms with E-state index in [4.69, 9.17) is 23.2 Å². The highest BCUT2D eigenvalue weighted by Gasteiger charge is 2.17. The third kappa shape index (κ3) is 4.17. The molecule has 0 aliphatic carbocycles. The van der Waals surface area contributed by atoms with E-state index < -0.39 is 15.9 Å². The number of nitrogens with zero attached hydrogens (tertiary/aromatic N) is 1. The number of carbonyl (C=O) groups is 1. The van der Waals surface area contributed by atoms with Gasteiger partial charge in [0.05, 0.1) is 4.47 Å². The molecule has 6 nitrogen and oxygen atoms in total. The largest absolute Gasteiger partial charge is 0.273 e. The Balaban J connectivity index is 2.12. The molecule has 1 aromatic carbocycles. The van der Waals surface area contributed by atoms with Gasteiger partial charge in [0, 0.05) is 16.8 Å². The Morgan fingerprint density at radius 3 is 2.59 bits per heavy atom. The molecule has 1 aromatic heterocycles. The molecule has 2 N–H and O–H groups in total. The number of carbonyl (C=O) groups excluding carboxylic acids is 1. The van der Waals surface area contributed by atoms with Crippen molar-refractivity contribution in [3.05, 3.63) is 56.7 Å². The SMILES string of the molecule is O=C(NNS(=O)(=O)c1cnc(Cl)c(Br)c1)c1cccc(Cl)c1. The molecule has 0 unspecified atom stereocenters. The minimum Gasteiger partial charge on any atom is -0.273 e. The summed E-state index contributed by atoms with van der Waals surface area (Å²) >= 11 is 14.5. The van der Waals surface area contributed by atoms with Crippen molar-refractivity contribution >= 4 is 55.1 Å². The van der Waals surface area contributed by atoms with Crippen molar-refractivity contribution in [2.24, 2.45) is 0 Å². The molecular formula is C12H8BrCl2N3O3S. The Kier molecular flexibility index (Phi) is 5.41. The first-order valence-electron chi connectivity index (χ1n) is 5.68. The highest BCUT2D eigenvalue weighted by Crippen LogP contribution is 2.22. The molecule has 10 heteroatoms. The van der Waals surface area contributed by atoms with Crippen molar-refractivity contribution in [3.63, 3.8) is 0 Å². The van der Waals surface area contributed by atoms with E-state index in [2.05, 4.69) is 26.3 Å². The summed E-state index contributed by atoms with van der Waals surface area (Å²) in [6.07, 6.45) is 1.07. The summed E-state index contributed by atoms with van der Waals surface area (Å²) in [6, 6.07) is 7.34. The molecule has 0 aliphatic rings. The molecule has 0 bridgehead atoms. The lowest BCUT2D eigenvalue weighted by Crippen LogP contribution is -2.41. The quantitative estimate of drug-likeness (QED) is 0.583. The first kappa shape index (κ1) is 17.2. The zero-order valence-corrected chi connectivity index (χ0v) is 14.6. The monoisotopic (exact) mass is 423 g/mol. The number of sulfonamides is 1. The van der Waals surface area contributed by atoms with Gasteiger partial charge in [0.2, 0.25) is 0 Å². The average Bonchev–Trinajstić information content (AvgIpc) is 2.47. The molecule has 0 aliphatic heterocycles. The smallest absolute Gasteiger partial charge is 0.266 e. The van der Waals surface area contributed by atoms with Gasteiger partial charge in [-0.3, -0.25) is 10.2 Å². The van der Waals surface area contributed by atoms with Crippen LogP contribution in [0.2, 0.25) is 10.2 Å². The van der Waals surface area contributed by atoms with Gasteiger partial charge in [-0.05, 0) is 40.2 Å². The summed E-state index contributed by atoms with van der Waals surface area (Å²) in [5, 5.41) is 0.489. The predicted octanol–water partition coefficient (Wildman–Crippen LogP) is 2.77. The highest BCUT2D eigenvalue weighted by molar-refractivity contribution is 9.10. The number of hydrogen-bond donors (Lipinski definition) is 2. The molecule has 22 heavy (non-hydrogen) atoms. The molecule has 1 heterocycles. The van der Waals surface area contributed by atoms with Crippen molar-refractivity contribution in [2.45, 2.75) is 4.90 Å². The van der Waals surface area contributed by atoms with Crippen LogP contribution in [0.25, 0.3) is 0 Å². The fraction of sp³-hybridized carbons (Fsp3) is 0. The van der Waals surface area contributed by atoms with Crippen LogP contribution in [0.1, 0.15) is 10.4 Å². The van der Waals surface area contributed by atoms with Gasteiger partial charge in [0.15, 0.2) is 0 Å². The van der Waals surface area contributed by atoms with Crippen molar-refractivity contribution < 1.29 is 13.2 Å². The Labute approximate surface area is 145 Å². The molecule has 1 amide bonds. The van der Waals surface area contributed by atoms with Crippen LogP contribution < -0.4 is 10.3 Å². The van der Waals surface area contributed by atoms with Crippen molar-refractivity contribution in [1.29, 1.82) is 0 Å². The van der Waals surface area contributed by atoms with Gasteiger partial charge in [-0.2, -0.15) is 0 Å². The molecule has 116 valence electrons. The molecule has 0 atom stereocenters. The summed E-state index contributed by atoms with van der Waals surface area (Å²) in [5.74, 6) is -0.646. The summed E-state index contributed by atoms with van der Waals surface area (Å²) in [5.41, 5.74) is 2.30. The van der Waals surface area contributed by atoms with Crippen LogP contribution in [-0.4, -0.2) is 19.3 Å².